The van der Waals surface area contributed by atoms with Crippen LogP contribution in [-0.4, -0.2) is 25.0 Å². The Kier molecular flexibility index (Phi) is 3.21. The third-order valence-electron chi connectivity index (χ3n) is 2.89. The quantitative estimate of drug-likeness (QED) is 0.821. The summed E-state index contributed by atoms with van der Waals surface area (Å²) in [6.45, 7) is 3.08. The SMILES string of the molecule is CC1C(=O)NCCN1c1cc(Cl)ccc1C#N. The van der Waals surface area contributed by atoms with Crippen molar-refractivity contribution in [2.24, 2.45) is 0 Å². The van der Waals surface area contributed by atoms with Gasteiger partial charge >= 0.3 is 0 Å². The fourth-order valence-electron chi connectivity index (χ4n) is 1.95. The molecule has 1 N–H and O–H groups in total. The zero-order valence-corrected chi connectivity index (χ0v) is 10.2. The predicted molar refractivity (Wildman–Crippen MR) is 66.0 cm³/mol. The summed E-state index contributed by atoms with van der Waals surface area (Å²) in [6, 6.07) is 6.93. The Morgan fingerprint density at radius 1 is 1.59 bits per heavy atom. The van der Waals surface area contributed by atoms with Gasteiger partial charge in [-0.05, 0) is 25.1 Å². The molecule has 1 atom stereocenters. The van der Waals surface area contributed by atoms with E-state index in [9.17, 15) is 4.79 Å². The Balaban J connectivity index is 2.42. The lowest BCUT2D eigenvalue weighted by Crippen LogP contribution is -2.54. The van der Waals surface area contributed by atoms with E-state index in [0.29, 0.717) is 23.7 Å². The Labute approximate surface area is 105 Å². The number of anilines is 1. The van der Waals surface area contributed by atoms with Crippen LogP contribution in [0.25, 0.3) is 0 Å². The zero-order chi connectivity index (χ0) is 12.4. The van der Waals surface area contributed by atoms with Crippen molar-refractivity contribution < 1.29 is 4.79 Å². The van der Waals surface area contributed by atoms with Crippen LogP contribution in [0.15, 0.2) is 18.2 Å². The minimum Gasteiger partial charge on any atom is -0.357 e. The molecular formula is C12H12ClN3O. The van der Waals surface area contributed by atoms with E-state index in [-0.39, 0.29) is 11.9 Å². The van der Waals surface area contributed by atoms with Crippen molar-refractivity contribution in [2.75, 3.05) is 18.0 Å². The van der Waals surface area contributed by atoms with Gasteiger partial charge in [0.2, 0.25) is 5.91 Å². The molecule has 0 radical (unpaired) electrons. The predicted octanol–water partition coefficient (Wildman–Crippen LogP) is 1.54. The number of rotatable bonds is 1. The average molecular weight is 250 g/mol. The molecular weight excluding hydrogens is 238 g/mol. The monoisotopic (exact) mass is 249 g/mol. The van der Waals surface area contributed by atoms with Gasteiger partial charge in [0.05, 0.1) is 11.3 Å². The molecule has 1 fully saturated rings. The Morgan fingerprint density at radius 2 is 2.35 bits per heavy atom. The molecule has 1 aromatic rings. The van der Waals surface area contributed by atoms with Gasteiger partial charge < -0.3 is 10.2 Å². The van der Waals surface area contributed by atoms with E-state index in [1.54, 1.807) is 18.2 Å². The highest BCUT2D eigenvalue weighted by molar-refractivity contribution is 6.30. The zero-order valence-electron chi connectivity index (χ0n) is 9.40. The van der Waals surface area contributed by atoms with E-state index >= 15 is 0 Å². The van der Waals surface area contributed by atoms with E-state index in [4.69, 9.17) is 16.9 Å². The number of amides is 1. The third-order valence-corrected chi connectivity index (χ3v) is 3.12. The lowest BCUT2D eigenvalue weighted by Gasteiger charge is -2.35. The molecule has 17 heavy (non-hydrogen) atoms. The highest BCUT2D eigenvalue weighted by Gasteiger charge is 2.27. The summed E-state index contributed by atoms with van der Waals surface area (Å²) in [5, 5.41) is 12.4. The topological polar surface area (TPSA) is 56.1 Å². The number of piperazine rings is 1. The summed E-state index contributed by atoms with van der Waals surface area (Å²) in [5.74, 6) is -0.0277. The van der Waals surface area contributed by atoms with Crippen LogP contribution >= 0.6 is 11.6 Å². The maximum atomic E-state index is 11.6. The van der Waals surface area contributed by atoms with Crippen LogP contribution in [-0.2, 0) is 4.79 Å². The molecule has 2 rings (SSSR count). The molecule has 1 amide bonds. The van der Waals surface area contributed by atoms with Crippen molar-refractivity contribution in [1.82, 2.24) is 5.32 Å². The molecule has 0 spiro atoms. The van der Waals surface area contributed by atoms with Crippen molar-refractivity contribution in [3.63, 3.8) is 0 Å². The molecule has 5 heteroatoms. The Morgan fingerprint density at radius 3 is 3.06 bits per heavy atom. The molecule has 0 aromatic heterocycles. The van der Waals surface area contributed by atoms with Gasteiger partial charge in [-0.25, -0.2) is 0 Å². The number of halogens is 1. The van der Waals surface area contributed by atoms with Gasteiger partial charge in [0, 0.05) is 18.1 Å². The standard InChI is InChI=1S/C12H12ClN3O/c1-8-12(17)15-4-5-16(8)11-6-10(13)3-2-9(11)7-14/h2-3,6,8H,4-5H2,1H3,(H,15,17). The van der Waals surface area contributed by atoms with Gasteiger partial charge in [0.15, 0.2) is 0 Å². The van der Waals surface area contributed by atoms with Crippen LogP contribution in [0, 0.1) is 11.3 Å². The Hall–Kier alpha value is -1.73. The molecule has 0 saturated carbocycles. The first kappa shape index (κ1) is 11.7. The van der Waals surface area contributed by atoms with Crippen molar-refractivity contribution >= 4 is 23.2 Å². The number of nitriles is 1. The number of carbonyl (C=O) groups is 1. The summed E-state index contributed by atoms with van der Waals surface area (Å²) >= 11 is 5.94. The smallest absolute Gasteiger partial charge is 0.242 e. The van der Waals surface area contributed by atoms with Crippen LogP contribution in [0.3, 0.4) is 0 Å². The summed E-state index contributed by atoms with van der Waals surface area (Å²) in [7, 11) is 0. The largest absolute Gasteiger partial charge is 0.357 e. The van der Waals surface area contributed by atoms with Crippen LogP contribution in [0.5, 0.6) is 0 Å². The van der Waals surface area contributed by atoms with Crippen LogP contribution in [0.1, 0.15) is 12.5 Å². The first-order valence-electron chi connectivity index (χ1n) is 5.37. The first-order valence-corrected chi connectivity index (χ1v) is 5.75. The summed E-state index contributed by atoms with van der Waals surface area (Å²) in [6.07, 6.45) is 0. The molecule has 1 unspecified atom stereocenters. The van der Waals surface area contributed by atoms with Crippen LogP contribution in [0.2, 0.25) is 5.02 Å². The number of carbonyl (C=O) groups excluding carboxylic acids is 1. The fraction of sp³-hybridized carbons (Fsp3) is 0.333. The third kappa shape index (κ3) is 2.20. The summed E-state index contributed by atoms with van der Waals surface area (Å²) in [4.78, 5) is 13.5. The molecule has 1 saturated heterocycles. The average Bonchev–Trinajstić information content (AvgIpc) is 2.33. The number of nitrogens with one attached hydrogen (secondary N) is 1. The van der Waals surface area contributed by atoms with E-state index in [2.05, 4.69) is 11.4 Å². The van der Waals surface area contributed by atoms with Crippen molar-refractivity contribution in [2.45, 2.75) is 13.0 Å². The first-order chi connectivity index (χ1) is 8.13. The lowest BCUT2D eigenvalue weighted by atomic mass is 10.1. The van der Waals surface area contributed by atoms with Gasteiger partial charge in [0.25, 0.3) is 0 Å². The number of hydrogen-bond donors (Lipinski definition) is 1. The molecule has 4 nitrogen and oxygen atoms in total. The number of benzene rings is 1. The Bertz CT molecular complexity index is 495. The second-order valence-corrected chi connectivity index (χ2v) is 4.37. The summed E-state index contributed by atoms with van der Waals surface area (Å²) in [5.41, 5.74) is 1.26. The second kappa shape index (κ2) is 4.64. The second-order valence-electron chi connectivity index (χ2n) is 3.93. The highest BCUT2D eigenvalue weighted by Crippen LogP contribution is 2.26. The molecule has 0 bridgehead atoms. The minimum atomic E-state index is -0.283. The van der Waals surface area contributed by atoms with Gasteiger partial charge in [-0.3, -0.25) is 4.79 Å². The van der Waals surface area contributed by atoms with Gasteiger partial charge in [-0.15, -0.1) is 0 Å². The van der Waals surface area contributed by atoms with Crippen molar-refractivity contribution in [3.05, 3.63) is 28.8 Å². The normalized spacial score (nSPS) is 19.7. The van der Waals surface area contributed by atoms with Gasteiger partial charge in [0.1, 0.15) is 12.1 Å². The summed E-state index contributed by atoms with van der Waals surface area (Å²) < 4.78 is 0. The number of hydrogen-bond acceptors (Lipinski definition) is 3. The van der Waals surface area contributed by atoms with E-state index < -0.39 is 0 Å². The lowest BCUT2D eigenvalue weighted by molar-refractivity contribution is -0.122. The molecule has 1 heterocycles. The molecule has 88 valence electrons. The maximum absolute atomic E-state index is 11.6. The van der Waals surface area contributed by atoms with E-state index in [1.807, 2.05) is 11.8 Å². The van der Waals surface area contributed by atoms with Crippen LogP contribution in [0.4, 0.5) is 5.69 Å². The molecule has 1 aliphatic rings. The molecule has 1 aliphatic heterocycles. The van der Waals surface area contributed by atoms with Gasteiger partial charge in [-0.2, -0.15) is 5.26 Å². The van der Waals surface area contributed by atoms with Crippen molar-refractivity contribution in [1.29, 1.82) is 5.26 Å². The fourth-order valence-corrected chi connectivity index (χ4v) is 2.11. The highest BCUT2D eigenvalue weighted by atomic mass is 35.5. The van der Waals surface area contributed by atoms with E-state index in [1.165, 1.54) is 0 Å². The van der Waals surface area contributed by atoms with Crippen LogP contribution < -0.4 is 10.2 Å². The number of nitrogens with zero attached hydrogens (tertiary/aromatic N) is 2. The van der Waals surface area contributed by atoms with Crippen molar-refractivity contribution in [3.8, 4) is 6.07 Å². The van der Waals surface area contributed by atoms with Gasteiger partial charge in [-0.1, -0.05) is 11.6 Å². The van der Waals surface area contributed by atoms with E-state index in [0.717, 1.165) is 5.69 Å². The molecule has 1 aromatic carbocycles. The maximum Gasteiger partial charge on any atom is 0.242 e. The molecule has 0 aliphatic carbocycles. The minimum absolute atomic E-state index is 0.0277.